The first-order valence-electron chi connectivity index (χ1n) is 9.17. The smallest absolute Gasteiger partial charge is 0.264 e. The number of hydrogen-bond donors (Lipinski definition) is 1. The highest BCUT2D eigenvalue weighted by atomic mass is 16.5. The first-order valence-corrected chi connectivity index (χ1v) is 9.17. The lowest BCUT2D eigenvalue weighted by Crippen LogP contribution is -2.27. The van der Waals surface area contributed by atoms with Crippen molar-refractivity contribution in [3.63, 3.8) is 0 Å². The number of methoxy groups -OCH3 is 1. The van der Waals surface area contributed by atoms with Crippen molar-refractivity contribution < 1.29 is 13.9 Å². The normalized spacial score (nSPS) is 10.7. The minimum atomic E-state index is -0.129. The maximum Gasteiger partial charge on any atom is 0.264 e. The molecule has 0 radical (unpaired) electrons. The summed E-state index contributed by atoms with van der Waals surface area (Å²) in [4.78, 5) is 12.5. The molecule has 2 aromatic heterocycles. The number of para-hydroxylation sites is 1. The summed E-state index contributed by atoms with van der Waals surface area (Å²) < 4.78 is 12.9. The molecule has 0 unspecified atom stereocenters. The molecule has 4 aromatic rings. The van der Waals surface area contributed by atoms with Crippen molar-refractivity contribution >= 4 is 5.91 Å². The molecule has 7 nitrogen and oxygen atoms in total. The first-order chi connectivity index (χ1) is 14.2. The average Bonchev–Trinajstić information content (AvgIpc) is 3.42. The van der Waals surface area contributed by atoms with Crippen LogP contribution >= 0.6 is 0 Å². The molecule has 0 atom stereocenters. The van der Waals surface area contributed by atoms with Crippen LogP contribution in [-0.4, -0.2) is 27.8 Å². The minimum Gasteiger partial charge on any atom is -0.496 e. The van der Waals surface area contributed by atoms with Crippen molar-refractivity contribution in [1.29, 1.82) is 0 Å². The summed E-state index contributed by atoms with van der Waals surface area (Å²) >= 11 is 0. The van der Waals surface area contributed by atoms with Gasteiger partial charge in [0.05, 0.1) is 7.11 Å². The van der Waals surface area contributed by atoms with E-state index in [1.54, 1.807) is 11.7 Å². The molecule has 4 rings (SSSR count). The van der Waals surface area contributed by atoms with Crippen LogP contribution in [0.4, 0.5) is 0 Å². The maximum absolute atomic E-state index is 12.5. The lowest BCUT2D eigenvalue weighted by atomic mass is 10.2. The Kier molecular flexibility index (Phi) is 5.38. The van der Waals surface area contributed by atoms with Gasteiger partial charge in [-0.3, -0.25) is 4.79 Å². The Morgan fingerprint density at radius 3 is 2.59 bits per heavy atom. The van der Waals surface area contributed by atoms with E-state index in [9.17, 15) is 4.79 Å². The third kappa shape index (κ3) is 4.19. The largest absolute Gasteiger partial charge is 0.496 e. The SMILES string of the molecule is COc1ccccc1CNC(=O)Cn1cccc1-c1nnc(-c2ccccc2)o1. The van der Waals surface area contributed by atoms with Gasteiger partial charge in [0, 0.05) is 23.9 Å². The summed E-state index contributed by atoms with van der Waals surface area (Å²) in [7, 11) is 1.61. The molecule has 7 heteroatoms. The fourth-order valence-corrected chi connectivity index (χ4v) is 3.02. The van der Waals surface area contributed by atoms with Gasteiger partial charge < -0.3 is 19.0 Å². The van der Waals surface area contributed by atoms with E-state index in [1.165, 1.54) is 0 Å². The van der Waals surface area contributed by atoms with Crippen LogP contribution in [0.1, 0.15) is 5.56 Å². The van der Waals surface area contributed by atoms with Crippen LogP contribution in [0.2, 0.25) is 0 Å². The number of nitrogens with zero attached hydrogens (tertiary/aromatic N) is 3. The van der Waals surface area contributed by atoms with E-state index < -0.39 is 0 Å². The molecule has 0 aliphatic heterocycles. The summed E-state index contributed by atoms with van der Waals surface area (Å²) in [5, 5.41) is 11.2. The van der Waals surface area contributed by atoms with Gasteiger partial charge in [0.25, 0.3) is 5.89 Å². The van der Waals surface area contributed by atoms with Crippen molar-refractivity contribution in [3.8, 4) is 28.8 Å². The van der Waals surface area contributed by atoms with E-state index in [4.69, 9.17) is 9.15 Å². The second-order valence-electron chi connectivity index (χ2n) is 6.39. The van der Waals surface area contributed by atoms with Gasteiger partial charge in [0.1, 0.15) is 18.0 Å². The Labute approximate surface area is 168 Å². The van der Waals surface area contributed by atoms with Gasteiger partial charge in [-0.2, -0.15) is 0 Å². The van der Waals surface area contributed by atoms with Crippen LogP contribution in [0, 0.1) is 0 Å². The Morgan fingerprint density at radius 1 is 1.00 bits per heavy atom. The van der Waals surface area contributed by atoms with Crippen LogP contribution in [0.3, 0.4) is 0 Å². The summed E-state index contributed by atoms with van der Waals surface area (Å²) in [5.41, 5.74) is 2.45. The number of nitrogens with one attached hydrogen (secondary N) is 1. The zero-order chi connectivity index (χ0) is 20.1. The van der Waals surface area contributed by atoms with E-state index >= 15 is 0 Å². The van der Waals surface area contributed by atoms with E-state index in [2.05, 4.69) is 15.5 Å². The Bertz CT molecular complexity index is 1100. The molecule has 2 aromatic carbocycles. The molecular formula is C22H20N4O3. The van der Waals surface area contributed by atoms with Gasteiger partial charge in [-0.1, -0.05) is 36.4 Å². The molecule has 1 N–H and O–H groups in total. The summed E-state index contributed by atoms with van der Waals surface area (Å²) in [6, 6.07) is 20.8. The number of ether oxygens (including phenoxy) is 1. The topological polar surface area (TPSA) is 82.2 Å². The number of carbonyl (C=O) groups is 1. The van der Waals surface area contributed by atoms with Gasteiger partial charge in [-0.05, 0) is 30.3 Å². The third-order valence-corrected chi connectivity index (χ3v) is 4.48. The molecule has 0 saturated carbocycles. The molecule has 0 aliphatic rings. The zero-order valence-corrected chi connectivity index (χ0v) is 15.9. The number of rotatable bonds is 7. The monoisotopic (exact) mass is 388 g/mol. The number of amides is 1. The quantitative estimate of drug-likeness (QED) is 0.524. The van der Waals surface area contributed by atoms with Crippen LogP contribution in [0.15, 0.2) is 77.3 Å². The van der Waals surface area contributed by atoms with Gasteiger partial charge in [-0.15, -0.1) is 10.2 Å². The second-order valence-corrected chi connectivity index (χ2v) is 6.39. The Hall–Kier alpha value is -3.87. The third-order valence-electron chi connectivity index (χ3n) is 4.48. The lowest BCUT2D eigenvalue weighted by molar-refractivity contribution is -0.121. The Morgan fingerprint density at radius 2 is 1.76 bits per heavy atom. The van der Waals surface area contributed by atoms with Gasteiger partial charge in [0.15, 0.2) is 0 Å². The van der Waals surface area contributed by atoms with Gasteiger partial charge >= 0.3 is 0 Å². The number of hydrogen-bond acceptors (Lipinski definition) is 5. The van der Waals surface area contributed by atoms with E-state index in [0.29, 0.717) is 24.0 Å². The minimum absolute atomic E-state index is 0.129. The number of carbonyl (C=O) groups excluding carboxylic acids is 1. The highest BCUT2D eigenvalue weighted by Gasteiger charge is 2.15. The summed E-state index contributed by atoms with van der Waals surface area (Å²) in [6.07, 6.45) is 1.81. The van der Waals surface area contributed by atoms with Crippen LogP contribution < -0.4 is 10.1 Å². The average molecular weight is 388 g/mol. The van der Waals surface area contributed by atoms with Crippen molar-refractivity contribution in [2.45, 2.75) is 13.1 Å². The zero-order valence-electron chi connectivity index (χ0n) is 15.9. The van der Waals surface area contributed by atoms with Crippen LogP contribution in [0.25, 0.3) is 23.0 Å². The fourth-order valence-electron chi connectivity index (χ4n) is 3.02. The molecule has 0 spiro atoms. The van der Waals surface area contributed by atoms with Crippen molar-refractivity contribution in [1.82, 2.24) is 20.1 Å². The van der Waals surface area contributed by atoms with Crippen molar-refractivity contribution in [2.24, 2.45) is 0 Å². The molecule has 29 heavy (non-hydrogen) atoms. The molecule has 146 valence electrons. The molecule has 2 heterocycles. The number of benzene rings is 2. The van der Waals surface area contributed by atoms with E-state index in [-0.39, 0.29) is 12.5 Å². The summed E-state index contributed by atoms with van der Waals surface area (Å²) in [6.45, 7) is 0.526. The molecular weight excluding hydrogens is 368 g/mol. The Balaban J connectivity index is 1.44. The van der Waals surface area contributed by atoms with Gasteiger partial charge in [-0.25, -0.2) is 0 Å². The highest BCUT2D eigenvalue weighted by molar-refractivity contribution is 5.76. The fraction of sp³-hybridized carbons (Fsp3) is 0.136. The standard InChI is InChI=1S/C22H20N4O3/c1-28-19-12-6-5-10-17(19)14-23-20(27)15-26-13-7-11-18(26)22-25-24-21(29-22)16-8-3-2-4-9-16/h2-13H,14-15H2,1H3,(H,23,27). The predicted octanol–water partition coefficient (Wildman–Crippen LogP) is 3.53. The first kappa shape index (κ1) is 18.5. The molecule has 0 bridgehead atoms. The predicted molar refractivity (Wildman–Crippen MR) is 108 cm³/mol. The number of aromatic nitrogens is 3. The van der Waals surface area contributed by atoms with Crippen LogP contribution in [-0.2, 0) is 17.9 Å². The molecule has 0 saturated heterocycles. The van der Waals surface area contributed by atoms with Crippen molar-refractivity contribution in [2.75, 3.05) is 7.11 Å². The lowest BCUT2D eigenvalue weighted by Gasteiger charge is -2.10. The van der Waals surface area contributed by atoms with Gasteiger partial charge in [0.2, 0.25) is 11.8 Å². The second kappa shape index (κ2) is 8.43. The molecule has 1 amide bonds. The summed E-state index contributed by atoms with van der Waals surface area (Å²) in [5.74, 6) is 1.42. The van der Waals surface area contributed by atoms with Crippen molar-refractivity contribution in [3.05, 3.63) is 78.5 Å². The molecule has 0 fully saturated rings. The maximum atomic E-state index is 12.5. The highest BCUT2D eigenvalue weighted by Crippen LogP contribution is 2.24. The van der Waals surface area contributed by atoms with Crippen LogP contribution in [0.5, 0.6) is 5.75 Å². The van der Waals surface area contributed by atoms with E-state index in [1.807, 2.05) is 72.9 Å². The molecule has 0 aliphatic carbocycles. The van der Waals surface area contributed by atoms with E-state index in [0.717, 1.165) is 16.9 Å².